The minimum atomic E-state index is 0.578. The van der Waals surface area contributed by atoms with E-state index in [9.17, 15) is 4.79 Å². The Morgan fingerprint density at radius 1 is 1.40 bits per heavy atom. The van der Waals surface area contributed by atoms with E-state index in [1.165, 1.54) is 0 Å². The largest absolute Gasteiger partial charge is 0.296 e. The standard InChI is InChI=1S/C11H9IN2O/c1-8-5-11(7-15)14(13-8)10-4-2-3-9(12)6-10/h2-7H,1H3. The van der Waals surface area contributed by atoms with Gasteiger partial charge in [-0.25, -0.2) is 4.68 Å². The number of aldehydes is 1. The van der Waals surface area contributed by atoms with Crippen LogP contribution in [-0.4, -0.2) is 16.1 Å². The number of benzene rings is 1. The average molecular weight is 312 g/mol. The first-order valence-electron chi connectivity index (χ1n) is 4.48. The maximum Gasteiger partial charge on any atom is 0.168 e. The van der Waals surface area contributed by atoms with Crippen LogP contribution < -0.4 is 0 Å². The zero-order chi connectivity index (χ0) is 10.8. The SMILES string of the molecule is Cc1cc(C=O)n(-c2cccc(I)c2)n1. The van der Waals surface area contributed by atoms with E-state index in [2.05, 4.69) is 27.7 Å². The van der Waals surface area contributed by atoms with Gasteiger partial charge in [0.25, 0.3) is 0 Å². The number of carbonyl (C=O) groups excluding carboxylic acids is 1. The number of carbonyl (C=O) groups is 1. The van der Waals surface area contributed by atoms with Crippen molar-refractivity contribution >= 4 is 28.9 Å². The van der Waals surface area contributed by atoms with Gasteiger partial charge in [-0.15, -0.1) is 0 Å². The lowest BCUT2D eigenvalue weighted by Gasteiger charge is -2.03. The summed E-state index contributed by atoms with van der Waals surface area (Å²) in [5, 5.41) is 4.27. The van der Waals surface area contributed by atoms with E-state index in [1.54, 1.807) is 10.7 Å². The summed E-state index contributed by atoms with van der Waals surface area (Å²) in [7, 11) is 0. The van der Waals surface area contributed by atoms with Crippen LogP contribution in [0.25, 0.3) is 5.69 Å². The van der Waals surface area contributed by atoms with Crippen LogP contribution in [0.4, 0.5) is 0 Å². The van der Waals surface area contributed by atoms with Crippen molar-refractivity contribution in [3.63, 3.8) is 0 Å². The fourth-order valence-corrected chi connectivity index (χ4v) is 1.94. The molecular formula is C11H9IN2O. The maximum absolute atomic E-state index is 10.8. The van der Waals surface area contributed by atoms with Gasteiger partial charge in [-0.2, -0.15) is 5.10 Å². The molecule has 0 aliphatic heterocycles. The molecule has 1 aromatic heterocycles. The average Bonchev–Trinajstić information content (AvgIpc) is 2.59. The Kier molecular flexibility index (Phi) is 2.86. The summed E-state index contributed by atoms with van der Waals surface area (Å²) in [6, 6.07) is 9.64. The lowest BCUT2D eigenvalue weighted by atomic mass is 10.3. The van der Waals surface area contributed by atoms with Crippen molar-refractivity contribution in [1.82, 2.24) is 9.78 Å². The molecule has 76 valence electrons. The molecule has 0 saturated heterocycles. The minimum Gasteiger partial charge on any atom is -0.296 e. The van der Waals surface area contributed by atoms with Gasteiger partial charge in [0.05, 0.1) is 11.4 Å². The molecule has 0 fully saturated rings. The number of halogens is 1. The van der Waals surface area contributed by atoms with E-state index in [0.717, 1.165) is 21.2 Å². The lowest BCUT2D eigenvalue weighted by Crippen LogP contribution is -2.01. The topological polar surface area (TPSA) is 34.9 Å². The molecule has 0 unspecified atom stereocenters. The Morgan fingerprint density at radius 2 is 2.20 bits per heavy atom. The van der Waals surface area contributed by atoms with Crippen LogP contribution in [-0.2, 0) is 0 Å². The molecule has 0 bridgehead atoms. The van der Waals surface area contributed by atoms with Crippen LogP contribution in [0.2, 0.25) is 0 Å². The molecule has 15 heavy (non-hydrogen) atoms. The van der Waals surface area contributed by atoms with E-state index in [0.29, 0.717) is 5.69 Å². The maximum atomic E-state index is 10.8. The number of aryl methyl sites for hydroxylation is 1. The van der Waals surface area contributed by atoms with E-state index < -0.39 is 0 Å². The number of aromatic nitrogens is 2. The molecule has 0 amide bonds. The molecule has 0 N–H and O–H groups in total. The number of hydrogen-bond acceptors (Lipinski definition) is 2. The van der Waals surface area contributed by atoms with Crippen molar-refractivity contribution in [2.75, 3.05) is 0 Å². The van der Waals surface area contributed by atoms with Crippen molar-refractivity contribution in [2.45, 2.75) is 6.92 Å². The zero-order valence-corrected chi connectivity index (χ0v) is 10.3. The molecule has 0 saturated carbocycles. The van der Waals surface area contributed by atoms with Crippen molar-refractivity contribution in [3.8, 4) is 5.69 Å². The van der Waals surface area contributed by atoms with Gasteiger partial charge in [0.2, 0.25) is 0 Å². The van der Waals surface area contributed by atoms with Gasteiger partial charge >= 0.3 is 0 Å². The lowest BCUT2D eigenvalue weighted by molar-refractivity contribution is 0.111. The summed E-state index contributed by atoms with van der Waals surface area (Å²) in [6.45, 7) is 1.87. The summed E-state index contributed by atoms with van der Waals surface area (Å²) in [5.41, 5.74) is 2.34. The quantitative estimate of drug-likeness (QED) is 0.631. The Labute approximate surface area is 101 Å². The number of nitrogens with zero attached hydrogens (tertiary/aromatic N) is 2. The smallest absolute Gasteiger partial charge is 0.168 e. The highest BCUT2D eigenvalue weighted by molar-refractivity contribution is 14.1. The number of hydrogen-bond donors (Lipinski definition) is 0. The molecule has 1 heterocycles. The summed E-state index contributed by atoms with van der Waals surface area (Å²) in [5.74, 6) is 0. The van der Waals surface area contributed by atoms with Gasteiger partial charge < -0.3 is 0 Å². The molecule has 4 heteroatoms. The second-order valence-electron chi connectivity index (χ2n) is 3.22. The van der Waals surface area contributed by atoms with Crippen LogP contribution in [0.3, 0.4) is 0 Å². The third-order valence-corrected chi connectivity index (χ3v) is 2.70. The number of rotatable bonds is 2. The third-order valence-electron chi connectivity index (χ3n) is 2.03. The monoisotopic (exact) mass is 312 g/mol. The van der Waals surface area contributed by atoms with E-state index in [-0.39, 0.29) is 0 Å². The van der Waals surface area contributed by atoms with Crippen LogP contribution in [0.5, 0.6) is 0 Å². The van der Waals surface area contributed by atoms with Crippen LogP contribution in [0.15, 0.2) is 30.3 Å². The molecule has 0 aliphatic carbocycles. The molecule has 0 atom stereocenters. The zero-order valence-electron chi connectivity index (χ0n) is 8.14. The van der Waals surface area contributed by atoms with Crippen LogP contribution in [0.1, 0.15) is 16.2 Å². The Bertz CT molecular complexity index is 505. The molecule has 3 nitrogen and oxygen atoms in total. The molecule has 2 aromatic rings. The molecule has 2 rings (SSSR count). The first-order chi connectivity index (χ1) is 7.20. The third kappa shape index (κ3) is 2.09. The predicted octanol–water partition coefficient (Wildman–Crippen LogP) is 2.60. The van der Waals surface area contributed by atoms with Gasteiger partial charge in [0, 0.05) is 3.57 Å². The normalized spacial score (nSPS) is 10.3. The van der Waals surface area contributed by atoms with E-state index in [4.69, 9.17) is 0 Å². The first kappa shape index (κ1) is 10.4. The van der Waals surface area contributed by atoms with Gasteiger partial charge in [0.15, 0.2) is 6.29 Å². The molecule has 0 spiro atoms. The van der Waals surface area contributed by atoms with Crippen molar-refractivity contribution in [1.29, 1.82) is 0 Å². The van der Waals surface area contributed by atoms with Crippen LogP contribution in [0, 0.1) is 10.5 Å². The van der Waals surface area contributed by atoms with Crippen molar-refractivity contribution in [3.05, 3.63) is 45.3 Å². The fraction of sp³-hybridized carbons (Fsp3) is 0.0909. The summed E-state index contributed by atoms with van der Waals surface area (Å²) < 4.78 is 2.78. The highest BCUT2D eigenvalue weighted by Crippen LogP contribution is 2.14. The predicted molar refractivity (Wildman–Crippen MR) is 66.4 cm³/mol. The van der Waals surface area contributed by atoms with Gasteiger partial charge in [-0.3, -0.25) is 4.79 Å². The highest BCUT2D eigenvalue weighted by Gasteiger charge is 2.06. The first-order valence-corrected chi connectivity index (χ1v) is 5.56. The van der Waals surface area contributed by atoms with E-state index >= 15 is 0 Å². The van der Waals surface area contributed by atoms with Crippen molar-refractivity contribution < 1.29 is 4.79 Å². The second-order valence-corrected chi connectivity index (χ2v) is 4.47. The van der Waals surface area contributed by atoms with Gasteiger partial charge in [0.1, 0.15) is 5.69 Å². The Hall–Kier alpha value is -1.17. The Morgan fingerprint density at radius 3 is 2.87 bits per heavy atom. The van der Waals surface area contributed by atoms with Crippen LogP contribution >= 0.6 is 22.6 Å². The van der Waals surface area contributed by atoms with Gasteiger partial charge in [-0.05, 0) is 53.8 Å². The molecule has 1 aromatic carbocycles. The summed E-state index contributed by atoms with van der Waals surface area (Å²) in [4.78, 5) is 10.8. The summed E-state index contributed by atoms with van der Waals surface area (Å²) in [6.07, 6.45) is 0.819. The minimum absolute atomic E-state index is 0.578. The highest BCUT2D eigenvalue weighted by atomic mass is 127. The summed E-state index contributed by atoms with van der Waals surface area (Å²) >= 11 is 2.23. The molecule has 0 radical (unpaired) electrons. The molecule has 0 aliphatic rings. The van der Waals surface area contributed by atoms with Gasteiger partial charge in [-0.1, -0.05) is 6.07 Å². The fourth-order valence-electron chi connectivity index (χ4n) is 1.42. The van der Waals surface area contributed by atoms with E-state index in [1.807, 2.05) is 31.2 Å². The molecular weight excluding hydrogens is 303 g/mol. The van der Waals surface area contributed by atoms with Crippen molar-refractivity contribution in [2.24, 2.45) is 0 Å². The Balaban J connectivity index is 2.57. The second kappa shape index (κ2) is 4.14.